The van der Waals surface area contributed by atoms with Crippen LogP contribution in [0.4, 0.5) is 0 Å². The van der Waals surface area contributed by atoms with E-state index in [0.717, 1.165) is 12.5 Å². The highest BCUT2D eigenvalue weighted by atomic mass is 35.5. The summed E-state index contributed by atoms with van der Waals surface area (Å²) in [5.41, 5.74) is -1.07. The van der Waals surface area contributed by atoms with Crippen molar-refractivity contribution in [1.82, 2.24) is 14.9 Å². The van der Waals surface area contributed by atoms with E-state index in [-0.39, 0.29) is 5.69 Å². The number of aliphatic carboxylic acids is 2. The molecule has 2 atom stereocenters. The number of carbonyl (C=O) groups is 2. The lowest BCUT2D eigenvalue weighted by Crippen LogP contribution is -2.49. The summed E-state index contributed by atoms with van der Waals surface area (Å²) in [5.74, 6) is -8.14. The average molecular weight is 442 g/mol. The summed E-state index contributed by atoms with van der Waals surface area (Å²) in [7, 11) is 0. The van der Waals surface area contributed by atoms with Crippen molar-refractivity contribution >= 4 is 35.1 Å². The second kappa shape index (κ2) is 9.91. The molecule has 2 rings (SSSR count). The van der Waals surface area contributed by atoms with Crippen molar-refractivity contribution in [3.05, 3.63) is 52.0 Å². The number of nitrogens with zero attached hydrogens (tertiary/aromatic N) is 2. The van der Waals surface area contributed by atoms with Gasteiger partial charge in [-0.2, -0.15) is 0 Å². The maximum absolute atomic E-state index is 12.1. The van der Waals surface area contributed by atoms with Crippen LogP contribution in [0.1, 0.15) is 50.5 Å². The Morgan fingerprint density at radius 2 is 1.93 bits per heavy atom. The largest absolute Gasteiger partial charge is 0.480 e. The van der Waals surface area contributed by atoms with Gasteiger partial charge in [-0.3, -0.25) is 14.9 Å². The summed E-state index contributed by atoms with van der Waals surface area (Å²) in [5, 5.41) is 20.2. The molecule has 0 fully saturated rings. The van der Waals surface area contributed by atoms with E-state index in [2.05, 4.69) is 4.98 Å². The first-order chi connectivity index (χ1) is 18.8. The van der Waals surface area contributed by atoms with Crippen LogP contribution in [0.3, 0.4) is 0 Å². The van der Waals surface area contributed by atoms with Crippen molar-refractivity contribution in [3.8, 4) is 0 Å². The molecule has 0 radical (unpaired) electrons. The van der Waals surface area contributed by atoms with Crippen molar-refractivity contribution in [2.45, 2.75) is 45.1 Å². The van der Waals surface area contributed by atoms with Crippen LogP contribution < -0.4 is 5.32 Å². The van der Waals surface area contributed by atoms with Crippen LogP contribution in [0.2, 0.25) is 10.0 Å². The van der Waals surface area contributed by atoms with Crippen LogP contribution in [0.25, 0.3) is 0 Å². The molecule has 1 aromatic heterocycles. The van der Waals surface area contributed by atoms with Gasteiger partial charge in [0.15, 0.2) is 0 Å². The van der Waals surface area contributed by atoms with Gasteiger partial charge >= 0.3 is 11.9 Å². The summed E-state index contributed by atoms with van der Waals surface area (Å²) in [6.45, 7) is -10.7. The Kier molecular flexibility index (Phi) is 3.40. The van der Waals surface area contributed by atoms with Gasteiger partial charge in [-0.1, -0.05) is 36.9 Å². The van der Waals surface area contributed by atoms with Crippen LogP contribution >= 0.6 is 23.2 Å². The summed E-state index contributed by atoms with van der Waals surface area (Å²) in [4.78, 5) is 27.9. The second-order valence-corrected chi connectivity index (χ2v) is 6.05. The van der Waals surface area contributed by atoms with Crippen LogP contribution in [0.15, 0.2) is 30.7 Å². The zero-order valence-electron chi connectivity index (χ0n) is 27.9. The first-order valence-corrected chi connectivity index (χ1v) is 8.21. The van der Waals surface area contributed by atoms with Gasteiger partial charge in [0.2, 0.25) is 0 Å². The fourth-order valence-electron chi connectivity index (χ4n) is 2.11. The topological polar surface area (TPSA) is 104 Å². The SMILES string of the molecule is [2H]c1c(Cl)c([2H])c(C([2H])([2H])n2cncc2C[C@H](NC(C(=O)O)C([2H])([2H])C([2H])(C([2H])([2H])[2H])C([2H])([2H])[2H])C(=O)O)c([2H])c1Cl. The number of hydrogen-bond acceptors (Lipinski definition) is 4. The Labute approximate surface area is 193 Å². The molecule has 3 N–H and O–H groups in total. The number of hydrogen-bond donors (Lipinski definition) is 3. The van der Waals surface area contributed by atoms with E-state index in [1.165, 1.54) is 0 Å². The van der Waals surface area contributed by atoms with Gasteiger partial charge in [0.25, 0.3) is 0 Å². The third kappa shape index (κ3) is 6.51. The van der Waals surface area contributed by atoms with Crippen LogP contribution in [-0.4, -0.2) is 43.8 Å². The molecule has 1 unspecified atom stereocenters. The molecule has 0 amide bonds. The standard InChI is InChI=1S/C19H23Cl2N3O4/c1-11(2)3-16(18(25)26)23-17(19(27)28)7-15-8-22-10-24(15)9-12-4-13(20)6-14(21)5-12/h4-6,8,10-11,16-17,23H,3,7,9H2,1-2H3,(H,25,26)(H,27,28)/t16?,17-/m0/s1/i1D3,2D3,3D2,4D,5D,6D,9D2,11D. The molecule has 2 aromatic rings. The Balaban J connectivity index is 2.63. The van der Waals surface area contributed by atoms with Gasteiger partial charge in [-0.05, 0) is 36.0 Å². The fourth-order valence-corrected chi connectivity index (χ4v) is 2.53. The van der Waals surface area contributed by atoms with Gasteiger partial charge in [0, 0.05) is 47.2 Å². The molecule has 7 nitrogen and oxygen atoms in total. The molecular formula is C19H23Cl2N3O4. The molecule has 9 heteroatoms. The Morgan fingerprint density at radius 3 is 2.50 bits per heavy atom. The van der Waals surface area contributed by atoms with Crippen LogP contribution in [0.5, 0.6) is 0 Å². The minimum absolute atomic E-state index is 0.339. The van der Waals surface area contributed by atoms with Crippen molar-refractivity contribution in [2.75, 3.05) is 0 Å². The predicted octanol–water partition coefficient (Wildman–Crippen LogP) is 3.32. The highest BCUT2D eigenvalue weighted by Gasteiger charge is 2.27. The zero-order chi connectivity index (χ0) is 33.0. The highest BCUT2D eigenvalue weighted by Crippen LogP contribution is 2.20. The molecule has 1 aromatic carbocycles. The van der Waals surface area contributed by atoms with E-state index in [1.807, 2.05) is 5.32 Å². The number of imidazole rings is 1. The normalized spacial score (nSPS) is 23.1. The van der Waals surface area contributed by atoms with E-state index >= 15 is 0 Å². The van der Waals surface area contributed by atoms with Crippen molar-refractivity contribution in [3.63, 3.8) is 0 Å². The predicted molar refractivity (Wildman–Crippen MR) is 107 cm³/mol. The number of benzene rings is 1. The fraction of sp³-hybridized carbons (Fsp3) is 0.421. The van der Waals surface area contributed by atoms with Crippen molar-refractivity contribution in [1.29, 1.82) is 0 Å². The van der Waals surface area contributed by atoms with Gasteiger partial charge in [0.1, 0.15) is 12.1 Å². The second-order valence-electron chi connectivity index (χ2n) is 5.30. The van der Waals surface area contributed by atoms with Gasteiger partial charge in [0.05, 0.1) is 13.2 Å². The third-order valence-electron chi connectivity index (χ3n) is 3.25. The molecule has 0 aliphatic rings. The lowest BCUT2D eigenvalue weighted by Gasteiger charge is -2.22. The molecule has 0 saturated carbocycles. The monoisotopic (exact) mass is 441 g/mol. The number of halogens is 2. The highest BCUT2D eigenvalue weighted by molar-refractivity contribution is 6.34. The van der Waals surface area contributed by atoms with Crippen molar-refractivity contribution < 1.29 is 39.0 Å². The first kappa shape index (κ1) is 9.61. The molecule has 0 aliphatic heterocycles. The summed E-state index contributed by atoms with van der Waals surface area (Å²) >= 11 is 11.8. The molecule has 0 spiro atoms. The lowest BCUT2D eigenvalue weighted by molar-refractivity contribution is -0.142. The number of aromatic nitrogens is 2. The molecule has 0 saturated heterocycles. The minimum atomic E-state index is -4.05. The maximum atomic E-state index is 12.1. The van der Waals surface area contributed by atoms with E-state index in [9.17, 15) is 19.8 Å². The first-order valence-electron chi connectivity index (χ1n) is 14.4. The third-order valence-corrected chi connectivity index (χ3v) is 3.63. The number of rotatable bonds is 10. The Hall–Kier alpha value is -2.09. The molecule has 0 aliphatic carbocycles. The summed E-state index contributed by atoms with van der Waals surface area (Å²) in [6, 6.07) is -7.24. The summed E-state index contributed by atoms with van der Waals surface area (Å²) in [6.07, 6.45) is -3.09. The summed E-state index contributed by atoms with van der Waals surface area (Å²) < 4.78 is 111. The van der Waals surface area contributed by atoms with E-state index in [0.29, 0.717) is 4.57 Å². The Morgan fingerprint density at radius 1 is 1.29 bits per heavy atom. The van der Waals surface area contributed by atoms with Gasteiger partial charge in [-0.25, -0.2) is 4.98 Å². The van der Waals surface area contributed by atoms with E-state index < -0.39 is 96.6 Å². The minimum Gasteiger partial charge on any atom is -0.480 e. The van der Waals surface area contributed by atoms with E-state index in [4.69, 9.17) is 42.4 Å². The maximum Gasteiger partial charge on any atom is 0.321 e. The van der Waals surface area contributed by atoms with Crippen LogP contribution in [-0.2, 0) is 22.5 Å². The van der Waals surface area contributed by atoms with Gasteiger partial charge < -0.3 is 14.8 Å². The Bertz CT molecular complexity index is 1340. The average Bonchev–Trinajstić information content (AvgIpc) is 3.30. The van der Waals surface area contributed by atoms with Crippen molar-refractivity contribution in [2.24, 2.45) is 5.89 Å². The smallest absolute Gasteiger partial charge is 0.321 e. The lowest BCUT2D eigenvalue weighted by atomic mass is 10.0. The van der Waals surface area contributed by atoms with Crippen LogP contribution in [0, 0.1) is 5.89 Å². The molecule has 0 bridgehead atoms. The molecule has 152 valence electrons. The quantitative estimate of drug-likeness (QED) is 0.522. The molecular weight excluding hydrogens is 405 g/mol. The molecule has 28 heavy (non-hydrogen) atoms. The van der Waals surface area contributed by atoms with E-state index in [1.54, 1.807) is 0 Å². The number of nitrogens with one attached hydrogen (secondary N) is 1. The molecule has 1 heterocycles. The zero-order valence-corrected chi connectivity index (χ0v) is 15.4. The number of carboxylic acid groups (broad SMARTS) is 2. The van der Waals surface area contributed by atoms with Gasteiger partial charge in [-0.15, -0.1) is 0 Å². The number of carboxylic acids is 2.